The van der Waals surface area contributed by atoms with Crippen LogP contribution < -0.4 is 4.74 Å². The standard InChI is InChI=1S/C20H21N3O2/c1-22-10-8-15-7-9-21-18(19(15)22)11-14-12-23(13-14)20(24)16-3-5-17(25-2)6-4-16/h3-10,14H,11-13H2,1-2H3. The van der Waals surface area contributed by atoms with Gasteiger partial charge < -0.3 is 14.2 Å². The van der Waals surface area contributed by atoms with E-state index in [1.165, 1.54) is 10.9 Å². The molecule has 25 heavy (non-hydrogen) atoms. The van der Waals surface area contributed by atoms with E-state index in [2.05, 4.69) is 21.8 Å². The lowest BCUT2D eigenvalue weighted by molar-refractivity contribution is 0.0500. The number of hydrogen-bond acceptors (Lipinski definition) is 3. The van der Waals surface area contributed by atoms with Gasteiger partial charge in [-0.25, -0.2) is 0 Å². The van der Waals surface area contributed by atoms with Crippen LogP contribution in [0.25, 0.3) is 10.9 Å². The number of carbonyl (C=O) groups excluding carboxylic acids is 1. The van der Waals surface area contributed by atoms with Crippen molar-refractivity contribution >= 4 is 16.8 Å². The fourth-order valence-corrected chi connectivity index (χ4v) is 3.53. The number of fused-ring (bicyclic) bond motifs is 1. The van der Waals surface area contributed by atoms with Gasteiger partial charge in [-0.05, 0) is 48.7 Å². The van der Waals surface area contributed by atoms with E-state index in [4.69, 9.17) is 4.74 Å². The van der Waals surface area contributed by atoms with Gasteiger partial charge in [-0.2, -0.15) is 0 Å². The molecule has 0 unspecified atom stereocenters. The molecular weight excluding hydrogens is 314 g/mol. The first-order valence-corrected chi connectivity index (χ1v) is 8.48. The van der Waals surface area contributed by atoms with Crippen molar-refractivity contribution in [2.75, 3.05) is 20.2 Å². The van der Waals surface area contributed by atoms with Crippen LogP contribution in [0.1, 0.15) is 16.1 Å². The summed E-state index contributed by atoms with van der Waals surface area (Å²) in [5.74, 6) is 1.32. The molecule has 1 aromatic carbocycles. The number of rotatable bonds is 4. The van der Waals surface area contributed by atoms with Crippen LogP contribution in [0.15, 0.2) is 48.8 Å². The molecule has 0 bridgehead atoms. The van der Waals surface area contributed by atoms with Gasteiger partial charge in [-0.15, -0.1) is 0 Å². The molecule has 1 aliphatic rings. The molecule has 0 spiro atoms. The van der Waals surface area contributed by atoms with Crippen LogP contribution in [0.2, 0.25) is 0 Å². The highest BCUT2D eigenvalue weighted by molar-refractivity contribution is 5.94. The molecule has 1 saturated heterocycles. The Morgan fingerprint density at radius 2 is 1.96 bits per heavy atom. The smallest absolute Gasteiger partial charge is 0.253 e. The van der Waals surface area contributed by atoms with E-state index in [1.807, 2.05) is 48.5 Å². The second-order valence-corrected chi connectivity index (χ2v) is 6.63. The minimum atomic E-state index is 0.0870. The van der Waals surface area contributed by atoms with Gasteiger partial charge >= 0.3 is 0 Å². The number of methoxy groups -OCH3 is 1. The Morgan fingerprint density at radius 1 is 1.20 bits per heavy atom. The Hall–Kier alpha value is -2.82. The predicted molar refractivity (Wildman–Crippen MR) is 96.8 cm³/mol. The molecular formula is C20H21N3O2. The fraction of sp³-hybridized carbons (Fsp3) is 0.300. The van der Waals surface area contributed by atoms with E-state index in [-0.39, 0.29) is 5.91 Å². The lowest BCUT2D eigenvalue weighted by Gasteiger charge is -2.39. The zero-order chi connectivity index (χ0) is 17.4. The summed E-state index contributed by atoms with van der Waals surface area (Å²) >= 11 is 0. The highest BCUT2D eigenvalue weighted by Gasteiger charge is 2.32. The fourth-order valence-electron chi connectivity index (χ4n) is 3.53. The summed E-state index contributed by atoms with van der Waals surface area (Å²) in [6, 6.07) is 11.4. The maximum atomic E-state index is 12.5. The Balaban J connectivity index is 1.41. The predicted octanol–water partition coefficient (Wildman–Crippen LogP) is 2.90. The van der Waals surface area contributed by atoms with Gasteiger partial charge in [0.15, 0.2) is 0 Å². The minimum Gasteiger partial charge on any atom is -0.497 e. The molecule has 0 aliphatic carbocycles. The number of nitrogens with zero attached hydrogens (tertiary/aromatic N) is 3. The maximum absolute atomic E-state index is 12.5. The van der Waals surface area contributed by atoms with E-state index >= 15 is 0 Å². The molecule has 5 nitrogen and oxygen atoms in total. The molecule has 1 aliphatic heterocycles. The zero-order valence-corrected chi connectivity index (χ0v) is 14.5. The first kappa shape index (κ1) is 15.7. The van der Waals surface area contributed by atoms with Gasteiger partial charge in [0, 0.05) is 43.5 Å². The van der Waals surface area contributed by atoms with Crippen molar-refractivity contribution in [1.82, 2.24) is 14.5 Å². The van der Waals surface area contributed by atoms with Crippen LogP contribution in [-0.2, 0) is 13.5 Å². The van der Waals surface area contributed by atoms with Gasteiger partial charge in [-0.1, -0.05) is 0 Å². The molecule has 0 atom stereocenters. The van der Waals surface area contributed by atoms with Gasteiger partial charge in [0.2, 0.25) is 0 Å². The summed E-state index contributed by atoms with van der Waals surface area (Å²) in [7, 11) is 3.67. The van der Waals surface area contributed by atoms with E-state index in [1.54, 1.807) is 7.11 Å². The average Bonchev–Trinajstić information content (AvgIpc) is 2.99. The third-order valence-corrected chi connectivity index (χ3v) is 4.93. The highest BCUT2D eigenvalue weighted by Crippen LogP contribution is 2.26. The molecule has 0 radical (unpaired) electrons. The lowest BCUT2D eigenvalue weighted by atomic mass is 9.93. The number of aryl methyl sites for hydroxylation is 1. The van der Waals surface area contributed by atoms with Crippen molar-refractivity contribution in [1.29, 1.82) is 0 Å². The minimum absolute atomic E-state index is 0.0870. The summed E-state index contributed by atoms with van der Waals surface area (Å²) in [6.45, 7) is 1.57. The van der Waals surface area contributed by atoms with E-state index in [0.29, 0.717) is 11.5 Å². The summed E-state index contributed by atoms with van der Waals surface area (Å²) < 4.78 is 7.26. The molecule has 3 aromatic rings. The van der Waals surface area contributed by atoms with Gasteiger partial charge in [0.05, 0.1) is 18.3 Å². The van der Waals surface area contributed by atoms with E-state index in [9.17, 15) is 4.79 Å². The Bertz CT molecular complexity index is 908. The number of hydrogen-bond donors (Lipinski definition) is 0. The van der Waals surface area contributed by atoms with Gasteiger partial charge in [0.25, 0.3) is 5.91 Å². The summed E-state index contributed by atoms with van der Waals surface area (Å²) in [5.41, 5.74) is 3.02. The highest BCUT2D eigenvalue weighted by atomic mass is 16.5. The van der Waals surface area contributed by atoms with Gasteiger partial charge in [0.1, 0.15) is 5.75 Å². The number of ether oxygens (including phenoxy) is 1. The molecule has 5 heteroatoms. The van der Waals surface area contributed by atoms with Crippen molar-refractivity contribution in [2.45, 2.75) is 6.42 Å². The number of carbonyl (C=O) groups is 1. The number of amides is 1. The molecule has 3 heterocycles. The summed E-state index contributed by atoms with van der Waals surface area (Å²) in [6.07, 6.45) is 4.84. The second kappa shape index (κ2) is 6.24. The number of pyridine rings is 1. The van der Waals surface area contributed by atoms with Crippen LogP contribution in [0.5, 0.6) is 5.75 Å². The first-order valence-electron chi connectivity index (χ1n) is 8.48. The van der Waals surface area contributed by atoms with Crippen molar-refractivity contribution < 1.29 is 9.53 Å². The molecule has 1 amide bonds. The lowest BCUT2D eigenvalue weighted by Crippen LogP contribution is -2.50. The molecule has 2 aromatic heterocycles. The summed E-state index contributed by atoms with van der Waals surface area (Å²) in [5, 5.41) is 1.22. The average molecular weight is 335 g/mol. The number of likely N-dealkylation sites (tertiary alicyclic amines) is 1. The number of benzene rings is 1. The molecule has 0 saturated carbocycles. The van der Waals surface area contributed by atoms with Crippen molar-refractivity contribution in [3.63, 3.8) is 0 Å². The topological polar surface area (TPSA) is 47.4 Å². The van der Waals surface area contributed by atoms with Crippen LogP contribution >= 0.6 is 0 Å². The SMILES string of the molecule is COc1ccc(C(=O)N2CC(Cc3nccc4ccn(C)c34)C2)cc1. The molecule has 1 fully saturated rings. The summed E-state index contributed by atoms with van der Waals surface area (Å²) in [4.78, 5) is 19.0. The Labute approximate surface area is 146 Å². The van der Waals surface area contributed by atoms with Crippen molar-refractivity contribution in [3.8, 4) is 5.75 Å². The second-order valence-electron chi connectivity index (χ2n) is 6.63. The Morgan fingerprint density at radius 3 is 2.68 bits per heavy atom. The maximum Gasteiger partial charge on any atom is 0.253 e. The van der Waals surface area contributed by atoms with E-state index < -0.39 is 0 Å². The van der Waals surface area contributed by atoms with Crippen LogP contribution in [0, 0.1) is 5.92 Å². The largest absolute Gasteiger partial charge is 0.497 e. The molecule has 4 rings (SSSR count). The van der Waals surface area contributed by atoms with Crippen LogP contribution in [-0.4, -0.2) is 40.6 Å². The van der Waals surface area contributed by atoms with Crippen molar-refractivity contribution in [3.05, 3.63) is 60.0 Å². The van der Waals surface area contributed by atoms with E-state index in [0.717, 1.165) is 31.0 Å². The molecule has 128 valence electrons. The zero-order valence-electron chi connectivity index (χ0n) is 14.5. The van der Waals surface area contributed by atoms with Crippen LogP contribution in [0.4, 0.5) is 0 Å². The first-order chi connectivity index (χ1) is 12.2. The third-order valence-electron chi connectivity index (χ3n) is 4.93. The van der Waals surface area contributed by atoms with Crippen molar-refractivity contribution in [2.24, 2.45) is 13.0 Å². The Kier molecular flexibility index (Phi) is 3.92. The number of aromatic nitrogens is 2. The normalized spacial score (nSPS) is 14.6. The monoisotopic (exact) mass is 335 g/mol. The molecule has 0 N–H and O–H groups in total. The quantitative estimate of drug-likeness (QED) is 0.736. The third kappa shape index (κ3) is 2.86. The van der Waals surface area contributed by atoms with Gasteiger partial charge in [-0.3, -0.25) is 9.78 Å². The van der Waals surface area contributed by atoms with Crippen LogP contribution in [0.3, 0.4) is 0 Å².